The van der Waals surface area contributed by atoms with E-state index in [0.29, 0.717) is 5.56 Å². The highest BCUT2D eigenvalue weighted by Gasteiger charge is 2.23. The van der Waals surface area contributed by atoms with E-state index in [-0.39, 0.29) is 4.90 Å². The highest BCUT2D eigenvalue weighted by molar-refractivity contribution is 7.89. The number of likely N-dealkylation sites (N-methyl/N-ethyl adjacent to an activating group) is 1. The first kappa shape index (κ1) is 23.0. The molecule has 0 radical (unpaired) electrons. The molecule has 2 aromatic rings. The highest BCUT2D eigenvalue weighted by atomic mass is 32.2. The maximum absolute atomic E-state index is 12.5. The van der Waals surface area contributed by atoms with Gasteiger partial charge in [-0.15, -0.1) is 0 Å². The minimum absolute atomic E-state index is 0.0599. The molecular weight excluding hydrogens is 408 g/mol. The molecule has 0 aliphatic carbocycles. The van der Waals surface area contributed by atoms with Gasteiger partial charge in [-0.2, -0.15) is 4.31 Å². The van der Waals surface area contributed by atoms with Crippen molar-refractivity contribution in [2.45, 2.75) is 24.8 Å². The van der Waals surface area contributed by atoms with Gasteiger partial charge >= 0.3 is 0 Å². The first-order valence-corrected chi connectivity index (χ1v) is 10.5. The van der Waals surface area contributed by atoms with Crippen LogP contribution in [0.2, 0.25) is 0 Å². The van der Waals surface area contributed by atoms with Crippen molar-refractivity contribution in [2.24, 2.45) is 0 Å². The van der Waals surface area contributed by atoms with E-state index in [1.807, 2.05) is 6.92 Å². The minimum Gasteiger partial charge on any atom is -0.340 e. The third-order valence-corrected chi connectivity index (χ3v) is 6.02. The summed E-state index contributed by atoms with van der Waals surface area (Å²) in [5, 5.41) is 2.50. The molecule has 0 heterocycles. The Kier molecular flexibility index (Phi) is 7.67. The molecule has 10 heteroatoms. The van der Waals surface area contributed by atoms with E-state index in [1.165, 1.54) is 26.1 Å². The maximum Gasteiger partial charge on any atom is 0.260 e. The van der Waals surface area contributed by atoms with Crippen LogP contribution in [-0.4, -0.2) is 50.1 Å². The van der Waals surface area contributed by atoms with Crippen molar-refractivity contribution in [3.63, 3.8) is 0 Å². The standard InChI is InChI=1S/C20H24N4O5S/c1-14-9-11-17(12-10-14)30(28,29)24(3)13-18(25)22-23-19(26)15(2)21-20(27)16-7-5-4-6-8-16/h4-12,15H,13H2,1-3H3,(H,21,27)(H,22,25)(H,23,26). The number of nitrogens with one attached hydrogen (secondary N) is 3. The van der Waals surface area contributed by atoms with Gasteiger partial charge < -0.3 is 5.32 Å². The molecule has 2 rings (SSSR count). The summed E-state index contributed by atoms with van der Waals surface area (Å²) >= 11 is 0. The molecule has 0 aromatic heterocycles. The Morgan fingerprint density at radius 1 is 0.967 bits per heavy atom. The van der Waals surface area contributed by atoms with Crippen LogP contribution in [-0.2, 0) is 19.6 Å². The molecule has 3 amide bonds. The van der Waals surface area contributed by atoms with Gasteiger partial charge in [-0.3, -0.25) is 25.2 Å². The number of carbonyl (C=O) groups excluding carboxylic acids is 3. The van der Waals surface area contributed by atoms with Gasteiger partial charge in [0.1, 0.15) is 6.04 Å². The predicted molar refractivity (Wildman–Crippen MR) is 111 cm³/mol. The van der Waals surface area contributed by atoms with Crippen molar-refractivity contribution >= 4 is 27.7 Å². The molecule has 0 saturated heterocycles. The average molecular weight is 433 g/mol. The SMILES string of the molecule is Cc1ccc(S(=O)(=O)N(C)CC(=O)NNC(=O)C(C)NC(=O)c2ccccc2)cc1. The van der Waals surface area contributed by atoms with Crippen LogP contribution >= 0.6 is 0 Å². The van der Waals surface area contributed by atoms with E-state index >= 15 is 0 Å². The van der Waals surface area contributed by atoms with E-state index in [4.69, 9.17) is 0 Å². The number of benzene rings is 2. The van der Waals surface area contributed by atoms with Gasteiger partial charge in [0.05, 0.1) is 11.4 Å². The number of amides is 3. The summed E-state index contributed by atoms with van der Waals surface area (Å²) in [5.74, 6) is -1.83. The fraction of sp³-hybridized carbons (Fsp3) is 0.250. The first-order valence-electron chi connectivity index (χ1n) is 9.09. The second kappa shape index (κ2) is 9.99. The molecule has 160 valence electrons. The van der Waals surface area contributed by atoms with Crippen LogP contribution in [0.3, 0.4) is 0 Å². The van der Waals surface area contributed by atoms with Gasteiger partial charge in [-0.05, 0) is 38.1 Å². The zero-order chi connectivity index (χ0) is 22.3. The second-order valence-electron chi connectivity index (χ2n) is 6.67. The summed E-state index contributed by atoms with van der Waals surface area (Å²) in [6.45, 7) is 2.79. The van der Waals surface area contributed by atoms with Gasteiger partial charge in [0, 0.05) is 12.6 Å². The van der Waals surface area contributed by atoms with Crippen molar-refractivity contribution in [2.75, 3.05) is 13.6 Å². The Morgan fingerprint density at radius 3 is 2.17 bits per heavy atom. The molecule has 0 spiro atoms. The number of rotatable bonds is 7. The van der Waals surface area contributed by atoms with Gasteiger partial charge in [-0.1, -0.05) is 35.9 Å². The minimum atomic E-state index is -3.85. The smallest absolute Gasteiger partial charge is 0.260 e. The fourth-order valence-electron chi connectivity index (χ4n) is 2.39. The van der Waals surface area contributed by atoms with Crippen molar-refractivity contribution in [1.82, 2.24) is 20.5 Å². The van der Waals surface area contributed by atoms with E-state index in [0.717, 1.165) is 9.87 Å². The third-order valence-electron chi connectivity index (χ3n) is 4.20. The van der Waals surface area contributed by atoms with E-state index in [1.54, 1.807) is 42.5 Å². The molecule has 1 atom stereocenters. The molecule has 3 N–H and O–H groups in total. The molecule has 0 bridgehead atoms. The zero-order valence-corrected chi connectivity index (χ0v) is 17.7. The van der Waals surface area contributed by atoms with Gasteiger partial charge in [0.25, 0.3) is 17.7 Å². The Balaban J connectivity index is 1.85. The lowest BCUT2D eigenvalue weighted by molar-refractivity contribution is -0.129. The summed E-state index contributed by atoms with van der Waals surface area (Å²) in [6.07, 6.45) is 0. The molecule has 0 aliphatic heterocycles. The fourth-order valence-corrected chi connectivity index (χ4v) is 3.52. The summed E-state index contributed by atoms with van der Waals surface area (Å²) in [7, 11) is -2.59. The third kappa shape index (κ3) is 6.13. The maximum atomic E-state index is 12.5. The molecule has 1 unspecified atom stereocenters. The lowest BCUT2D eigenvalue weighted by Gasteiger charge is -2.18. The topological polar surface area (TPSA) is 125 Å². The summed E-state index contributed by atoms with van der Waals surface area (Å²) in [4.78, 5) is 36.2. The zero-order valence-electron chi connectivity index (χ0n) is 16.9. The van der Waals surface area contributed by atoms with Crippen LogP contribution in [0.15, 0.2) is 59.5 Å². The van der Waals surface area contributed by atoms with Crippen LogP contribution in [0.1, 0.15) is 22.8 Å². The lowest BCUT2D eigenvalue weighted by atomic mass is 10.2. The number of hydrogen-bond donors (Lipinski definition) is 3. The van der Waals surface area contributed by atoms with Crippen LogP contribution in [0, 0.1) is 6.92 Å². The highest BCUT2D eigenvalue weighted by Crippen LogP contribution is 2.14. The lowest BCUT2D eigenvalue weighted by Crippen LogP contribution is -2.52. The molecule has 0 fully saturated rings. The summed E-state index contributed by atoms with van der Waals surface area (Å²) in [5.41, 5.74) is 5.61. The van der Waals surface area contributed by atoms with Crippen LogP contribution in [0.4, 0.5) is 0 Å². The summed E-state index contributed by atoms with van der Waals surface area (Å²) in [6, 6.07) is 13.7. The number of hydrazine groups is 1. The van der Waals surface area contributed by atoms with Gasteiger partial charge in [0.2, 0.25) is 10.0 Å². The molecule has 0 aliphatic rings. The normalized spacial score (nSPS) is 12.1. The molecule has 9 nitrogen and oxygen atoms in total. The number of hydrogen-bond acceptors (Lipinski definition) is 5. The van der Waals surface area contributed by atoms with E-state index in [9.17, 15) is 22.8 Å². The van der Waals surface area contributed by atoms with Gasteiger partial charge in [0.15, 0.2) is 0 Å². The van der Waals surface area contributed by atoms with E-state index < -0.39 is 40.3 Å². The monoisotopic (exact) mass is 432 g/mol. The summed E-state index contributed by atoms with van der Waals surface area (Å²) < 4.78 is 25.9. The van der Waals surface area contributed by atoms with Gasteiger partial charge in [-0.25, -0.2) is 8.42 Å². The number of nitrogens with zero attached hydrogens (tertiary/aromatic N) is 1. The Morgan fingerprint density at radius 2 is 1.57 bits per heavy atom. The van der Waals surface area contributed by atoms with Crippen LogP contribution in [0.5, 0.6) is 0 Å². The van der Waals surface area contributed by atoms with Crippen LogP contribution < -0.4 is 16.2 Å². The average Bonchev–Trinajstić information content (AvgIpc) is 2.72. The van der Waals surface area contributed by atoms with E-state index in [2.05, 4.69) is 16.2 Å². The molecule has 0 saturated carbocycles. The largest absolute Gasteiger partial charge is 0.340 e. The number of aryl methyl sites for hydroxylation is 1. The molecule has 30 heavy (non-hydrogen) atoms. The van der Waals surface area contributed by atoms with Crippen molar-refractivity contribution in [3.8, 4) is 0 Å². The quantitative estimate of drug-likeness (QED) is 0.552. The molecule has 2 aromatic carbocycles. The first-order chi connectivity index (χ1) is 14.1. The second-order valence-corrected chi connectivity index (χ2v) is 8.72. The van der Waals surface area contributed by atoms with Crippen LogP contribution in [0.25, 0.3) is 0 Å². The predicted octanol–water partition coefficient (Wildman–Crippen LogP) is 0.581. The number of carbonyl (C=O) groups is 3. The Hall–Kier alpha value is -3.24. The Bertz CT molecular complexity index is 1010. The molecular formula is C20H24N4O5S. The van der Waals surface area contributed by atoms with Crippen molar-refractivity contribution in [3.05, 3.63) is 65.7 Å². The van der Waals surface area contributed by atoms with Crippen molar-refractivity contribution in [1.29, 1.82) is 0 Å². The number of sulfonamides is 1. The Labute approximate surface area is 175 Å². The van der Waals surface area contributed by atoms with Crippen molar-refractivity contribution < 1.29 is 22.8 Å².